The van der Waals surface area contributed by atoms with Crippen molar-refractivity contribution in [1.82, 2.24) is 9.36 Å². The normalized spacial score (nSPS) is 18.5. The van der Waals surface area contributed by atoms with Gasteiger partial charge in [-0.1, -0.05) is 6.07 Å². The molecule has 1 spiro atoms. The molecule has 2 aromatic heterocycles. The molecule has 1 aromatic carbocycles. The minimum absolute atomic E-state index is 0.370. The van der Waals surface area contributed by atoms with Gasteiger partial charge < -0.3 is 23.8 Å². The second-order valence-corrected chi connectivity index (χ2v) is 8.00. The van der Waals surface area contributed by atoms with E-state index in [1.54, 1.807) is 14.2 Å². The molecule has 0 atom stereocenters. The van der Waals surface area contributed by atoms with Crippen LogP contribution in [0, 0.1) is 0 Å². The van der Waals surface area contributed by atoms with Gasteiger partial charge in [0.15, 0.2) is 17.3 Å². The van der Waals surface area contributed by atoms with Crippen LogP contribution in [-0.2, 0) is 9.47 Å². The van der Waals surface area contributed by atoms with Gasteiger partial charge in [-0.3, -0.25) is 4.98 Å². The minimum atomic E-state index is -0.370. The van der Waals surface area contributed by atoms with E-state index in [4.69, 9.17) is 23.9 Å². The Labute approximate surface area is 173 Å². The minimum Gasteiger partial charge on any atom is -0.493 e. The molecule has 2 fully saturated rings. The van der Waals surface area contributed by atoms with Crippen molar-refractivity contribution in [3.63, 3.8) is 0 Å². The standard InChI is InChI=1S/C21H23N3O4S/c1-25-17-4-3-14(12-18(17)26-2)15-11-16-19(22-13-15)20(29-23-16)24-7-5-21(6-8-24)27-9-10-28-21/h3-4,11-13H,5-10H2,1-2H3. The van der Waals surface area contributed by atoms with Crippen LogP contribution in [-0.4, -0.2) is 55.7 Å². The molecule has 152 valence electrons. The summed E-state index contributed by atoms with van der Waals surface area (Å²) < 4.78 is 27.1. The van der Waals surface area contributed by atoms with Gasteiger partial charge in [0.25, 0.3) is 0 Å². The molecule has 0 aliphatic carbocycles. The number of rotatable bonds is 4. The number of methoxy groups -OCH3 is 2. The maximum atomic E-state index is 5.84. The zero-order chi connectivity index (χ0) is 19.8. The first-order chi connectivity index (χ1) is 14.2. The number of aromatic nitrogens is 2. The van der Waals surface area contributed by atoms with Crippen molar-refractivity contribution in [3.05, 3.63) is 30.5 Å². The molecular weight excluding hydrogens is 390 g/mol. The van der Waals surface area contributed by atoms with Crippen LogP contribution < -0.4 is 14.4 Å². The molecular formula is C21H23N3O4S. The van der Waals surface area contributed by atoms with Crippen molar-refractivity contribution < 1.29 is 18.9 Å². The molecule has 5 rings (SSSR count). The SMILES string of the molecule is COc1ccc(-c2cnc3c(N4CCC5(CC4)OCCO5)snc3c2)cc1OC. The summed E-state index contributed by atoms with van der Waals surface area (Å²) in [4.78, 5) is 7.10. The first kappa shape index (κ1) is 18.6. The van der Waals surface area contributed by atoms with Crippen LogP contribution in [0.15, 0.2) is 30.5 Å². The van der Waals surface area contributed by atoms with Crippen LogP contribution in [0.4, 0.5) is 5.00 Å². The molecule has 0 amide bonds. The quantitative estimate of drug-likeness (QED) is 0.646. The van der Waals surface area contributed by atoms with E-state index in [0.717, 1.165) is 53.1 Å². The van der Waals surface area contributed by atoms with Gasteiger partial charge in [-0.15, -0.1) is 0 Å². The average molecular weight is 413 g/mol. The molecule has 0 N–H and O–H groups in total. The number of hydrogen-bond donors (Lipinski definition) is 0. The average Bonchev–Trinajstić information content (AvgIpc) is 3.41. The fraction of sp³-hybridized carbons (Fsp3) is 0.429. The fourth-order valence-corrected chi connectivity index (χ4v) is 4.91. The topological polar surface area (TPSA) is 65.9 Å². The van der Waals surface area contributed by atoms with E-state index in [9.17, 15) is 0 Å². The van der Waals surface area contributed by atoms with E-state index in [1.807, 2.05) is 24.4 Å². The number of nitrogens with zero attached hydrogens (tertiary/aromatic N) is 3. The lowest BCUT2D eigenvalue weighted by atomic mass is 10.0. The second kappa shape index (κ2) is 7.44. The summed E-state index contributed by atoms with van der Waals surface area (Å²) in [5.41, 5.74) is 3.87. The van der Waals surface area contributed by atoms with E-state index in [0.29, 0.717) is 24.7 Å². The highest BCUT2D eigenvalue weighted by Crippen LogP contribution is 2.38. The van der Waals surface area contributed by atoms with Crippen LogP contribution in [0.3, 0.4) is 0 Å². The molecule has 3 aromatic rings. The highest BCUT2D eigenvalue weighted by molar-refractivity contribution is 7.11. The van der Waals surface area contributed by atoms with E-state index in [1.165, 1.54) is 11.5 Å². The third-order valence-corrected chi connectivity index (χ3v) is 6.56. The van der Waals surface area contributed by atoms with Crippen molar-refractivity contribution in [2.45, 2.75) is 18.6 Å². The molecule has 0 bridgehead atoms. The molecule has 4 heterocycles. The Morgan fingerprint density at radius 2 is 1.76 bits per heavy atom. The van der Waals surface area contributed by atoms with E-state index in [2.05, 4.69) is 15.3 Å². The van der Waals surface area contributed by atoms with Crippen LogP contribution in [0.1, 0.15) is 12.8 Å². The van der Waals surface area contributed by atoms with E-state index < -0.39 is 0 Å². The fourth-order valence-electron chi connectivity index (χ4n) is 4.04. The van der Waals surface area contributed by atoms with Gasteiger partial charge in [0.1, 0.15) is 16.0 Å². The molecule has 2 aliphatic rings. The number of hydrogen-bond acceptors (Lipinski definition) is 8. The summed E-state index contributed by atoms with van der Waals surface area (Å²) in [6, 6.07) is 7.95. The Morgan fingerprint density at radius 3 is 2.48 bits per heavy atom. The molecule has 7 nitrogen and oxygen atoms in total. The predicted molar refractivity (Wildman–Crippen MR) is 112 cm³/mol. The van der Waals surface area contributed by atoms with Crippen molar-refractivity contribution in [2.24, 2.45) is 0 Å². The van der Waals surface area contributed by atoms with Gasteiger partial charge in [-0.25, -0.2) is 0 Å². The molecule has 0 unspecified atom stereocenters. The van der Waals surface area contributed by atoms with Crippen molar-refractivity contribution in [2.75, 3.05) is 45.4 Å². The second-order valence-electron chi connectivity index (χ2n) is 7.24. The summed E-state index contributed by atoms with van der Waals surface area (Å²) in [5.74, 6) is 1.03. The molecule has 29 heavy (non-hydrogen) atoms. The van der Waals surface area contributed by atoms with Gasteiger partial charge in [0.2, 0.25) is 0 Å². The van der Waals surface area contributed by atoms with Crippen molar-refractivity contribution in [3.8, 4) is 22.6 Å². The predicted octanol–water partition coefficient (Wildman–Crippen LogP) is 3.72. The number of ether oxygens (including phenoxy) is 4. The number of anilines is 1. The maximum absolute atomic E-state index is 5.84. The Bertz CT molecular complexity index is 1020. The summed E-state index contributed by atoms with van der Waals surface area (Å²) in [6.45, 7) is 3.17. The van der Waals surface area contributed by atoms with Gasteiger partial charge in [-0.05, 0) is 35.3 Å². The molecule has 0 radical (unpaired) electrons. The summed E-state index contributed by atoms with van der Waals surface area (Å²) in [6.07, 6.45) is 3.64. The number of benzene rings is 1. The van der Waals surface area contributed by atoms with Crippen molar-refractivity contribution >= 4 is 27.6 Å². The number of fused-ring (bicyclic) bond motifs is 1. The Hall–Kier alpha value is -2.42. The zero-order valence-corrected chi connectivity index (χ0v) is 17.3. The molecule has 8 heteroatoms. The lowest BCUT2D eigenvalue weighted by Gasteiger charge is -2.37. The van der Waals surface area contributed by atoms with Crippen LogP contribution in [0.25, 0.3) is 22.2 Å². The largest absolute Gasteiger partial charge is 0.493 e. The van der Waals surface area contributed by atoms with E-state index >= 15 is 0 Å². The third-order valence-electron chi connectivity index (χ3n) is 5.64. The molecule has 2 saturated heterocycles. The summed E-state index contributed by atoms with van der Waals surface area (Å²) >= 11 is 1.51. The van der Waals surface area contributed by atoms with Gasteiger partial charge in [0, 0.05) is 37.7 Å². The first-order valence-corrected chi connectivity index (χ1v) is 10.5. The third kappa shape index (κ3) is 3.31. The molecule has 0 saturated carbocycles. The van der Waals surface area contributed by atoms with Gasteiger partial charge in [0.05, 0.1) is 27.4 Å². The first-order valence-electron chi connectivity index (χ1n) is 9.72. The Kier molecular flexibility index (Phi) is 4.77. The summed E-state index contributed by atoms with van der Waals surface area (Å²) in [7, 11) is 3.27. The maximum Gasteiger partial charge on any atom is 0.171 e. The highest BCUT2D eigenvalue weighted by atomic mass is 32.1. The van der Waals surface area contributed by atoms with Gasteiger partial charge >= 0.3 is 0 Å². The van der Waals surface area contributed by atoms with Crippen LogP contribution in [0.5, 0.6) is 11.5 Å². The Balaban J connectivity index is 1.40. The lowest BCUT2D eigenvalue weighted by Crippen LogP contribution is -2.45. The number of piperidine rings is 1. The van der Waals surface area contributed by atoms with Crippen molar-refractivity contribution in [1.29, 1.82) is 0 Å². The zero-order valence-electron chi connectivity index (χ0n) is 16.5. The molecule has 2 aliphatic heterocycles. The Morgan fingerprint density at radius 1 is 1.00 bits per heavy atom. The summed E-state index contributed by atoms with van der Waals surface area (Å²) in [5, 5.41) is 1.12. The number of pyridine rings is 1. The lowest BCUT2D eigenvalue weighted by molar-refractivity contribution is -0.169. The monoisotopic (exact) mass is 413 g/mol. The highest BCUT2D eigenvalue weighted by Gasteiger charge is 2.40. The smallest absolute Gasteiger partial charge is 0.171 e. The van der Waals surface area contributed by atoms with Gasteiger partial charge in [-0.2, -0.15) is 4.37 Å². The van der Waals surface area contributed by atoms with E-state index in [-0.39, 0.29) is 5.79 Å². The van der Waals surface area contributed by atoms with Crippen LogP contribution >= 0.6 is 11.5 Å². The van der Waals surface area contributed by atoms with Crippen LogP contribution in [0.2, 0.25) is 0 Å².